The van der Waals surface area contributed by atoms with Crippen molar-refractivity contribution < 1.29 is 4.79 Å². The second kappa shape index (κ2) is 6.16. The largest absolute Gasteiger partial charge is 0.332 e. The fraction of sp³-hybridized carbons (Fsp3) is 0.333. The molecule has 0 aliphatic carbocycles. The highest BCUT2D eigenvalue weighted by molar-refractivity contribution is 5.99. The van der Waals surface area contributed by atoms with Crippen molar-refractivity contribution in [2.75, 3.05) is 0 Å². The van der Waals surface area contributed by atoms with Gasteiger partial charge in [0, 0.05) is 19.7 Å². The molecule has 1 unspecified atom stereocenters. The summed E-state index contributed by atoms with van der Waals surface area (Å²) >= 11 is 0. The first-order chi connectivity index (χ1) is 11.9. The molecule has 3 aromatic rings. The Morgan fingerprint density at radius 3 is 2.36 bits per heavy atom. The van der Waals surface area contributed by atoms with E-state index in [2.05, 4.69) is 11.9 Å². The van der Waals surface area contributed by atoms with Crippen LogP contribution in [0.3, 0.4) is 0 Å². The Labute approximate surface area is 144 Å². The van der Waals surface area contributed by atoms with Crippen molar-refractivity contribution in [2.24, 2.45) is 14.1 Å². The average molecular weight is 340 g/mol. The van der Waals surface area contributed by atoms with E-state index in [-0.39, 0.29) is 16.9 Å². The fourth-order valence-corrected chi connectivity index (χ4v) is 2.93. The number of hydrogen-bond donors (Lipinski definition) is 0. The summed E-state index contributed by atoms with van der Waals surface area (Å²) in [6, 6.07) is 6.83. The minimum atomic E-state index is -0.609. The molecule has 0 amide bonds. The van der Waals surface area contributed by atoms with Crippen LogP contribution in [0.15, 0.2) is 40.2 Å². The summed E-state index contributed by atoms with van der Waals surface area (Å²) < 4.78 is 3.86. The maximum absolute atomic E-state index is 12.8. The predicted octanol–water partition coefficient (Wildman–Crippen LogP) is 1.44. The number of aryl methyl sites for hydroxylation is 2. The molecule has 0 fully saturated rings. The summed E-state index contributed by atoms with van der Waals surface area (Å²) in [6.07, 6.45) is 2.34. The first kappa shape index (κ1) is 16.9. The minimum absolute atomic E-state index is 0.113. The standard InChI is InChI=1S/C18H20N4O3/c1-5-12-6-8-13(9-7-12)15(23)11(2)22-10-19-16-14(22)17(24)21(4)18(25)20(16)3/h6-11H,5H2,1-4H3. The van der Waals surface area contributed by atoms with Gasteiger partial charge in [-0.2, -0.15) is 0 Å². The van der Waals surface area contributed by atoms with Gasteiger partial charge in [0.05, 0.1) is 12.4 Å². The predicted molar refractivity (Wildman–Crippen MR) is 95.1 cm³/mol. The second-order valence-electron chi connectivity index (χ2n) is 6.12. The Kier molecular flexibility index (Phi) is 4.16. The molecule has 25 heavy (non-hydrogen) atoms. The lowest BCUT2D eigenvalue weighted by Crippen LogP contribution is -2.38. The Morgan fingerprint density at radius 1 is 1.12 bits per heavy atom. The van der Waals surface area contributed by atoms with Crippen molar-refractivity contribution >= 4 is 16.9 Å². The van der Waals surface area contributed by atoms with Crippen LogP contribution >= 0.6 is 0 Å². The minimum Gasteiger partial charge on any atom is -0.314 e. The van der Waals surface area contributed by atoms with Crippen LogP contribution in [0.25, 0.3) is 11.2 Å². The number of nitrogens with zero attached hydrogens (tertiary/aromatic N) is 4. The van der Waals surface area contributed by atoms with Crippen LogP contribution in [0, 0.1) is 0 Å². The maximum Gasteiger partial charge on any atom is 0.332 e. The lowest BCUT2D eigenvalue weighted by molar-refractivity contribution is 0.0936. The molecule has 130 valence electrons. The third kappa shape index (κ3) is 2.61. The summed E-state index contributed by atoms with van der Waals surface area (Å²) in [5.74, 6) is -0.113. The summed E-state index contributed by atoms with van der Waals surface area (Å²) in [5, 5.41) is 0. The normalized spacial score (nSPS) is 12.5. The van der Waals surface area contributed by atoms with E-state index >= 15 is 0 Å². The van der Waals surface area contributed by atoms with E-state index < -0.39 is 17.3 Å². The van der Waals surface area contributed by atoms with E-state index in [1.54, 1.807) is 26.1 Å². The van der Waals surface area contributed by atoms with E-state index in [1.807, 2.05) is 12.1 Å². The highest BCUT2D eigenvalue weighted by Crippen LogP contribution is 2.18. The van der Waals surface area contributed by atoms with Crippen LogP contribution in [-0.4, -0.2) is 24.5 Å². The molecule has 0 saturated heterocycles. The van der Waals surface area contributed by atoms with Crippen molar-refractivity contribution in [1.29, 1.82) is 0 Å². The van der Waals surface area contributed by atoms with Crippen LogP contribution in [-0.2, 0) is 20.5 Å². The van der Waals surface area contributed by atoms with Crippen LogP contribution in [0.5, 0.6) is 0 Å². The second-order valence-corrected chi connectivity index (χ2v) is 6.12. The lowest BCUT2D eigenvalue weighted by atomic mass is 10.0. The van der Waals surface area contributed by atoms with Gasteiger partial charge in [0.15, 0.2) is 16.9 Å². The Hall–Kier alpha value is -2.96. The maximum atomic E-state index is 12.8. The molecule has 2 aromatic heterocycles. The van der Waals surface area contributed by atoms with Crippen molar-refractivity contribution in [1.82, 2.24) is 18.7 Å². The van der Waals surface area contributed by atoms with Gasteiger partial charge in [-0.3, -0.25) is 18.7 Å². The van der Waals surface area contributed by atoms with Gasteiger partial charge in [0.25, 0.3) is 5.56 Å². The Morgan fingerprint density at radius 2 is 1.76 bits per heavy atom. The monoisotopic (exact) mass is 340 g/mol. The van der Waals surface area contributed by atoms with Gasteiger partial charge in [0.2, 0.25) is 0 Å². The molecule has 1 atom stereocenters. The number of aromatic nitrogens is 4. The van der Waals surface area contributed by atoms with Gasteiger partial charge in [0.1, 0.15) is 0 Å². The lowest BCUT2D eigenvalue weighted by Gasteiger charge is -2.14. The van der Waals surface area contributed by atoms with E-state index in [0.717, 1.165) is 16.6 Å². The summed E-state index contributed by atoms with van der Waals surface area (Å²) in [7, 11) is 2.97. The molecule has 1 aromatic carbocycles. The molecule has 3 rings (SSSR count). The zero-order valence-electron chi connectivity index (χ0n) is 14.7. The molecular weight excluding hydrogens is 320 g/mol. The van der Waals surface area contributed by atoms with Gasteiger partial charge in [-0.15, -0.1) is 0 Å². The first-order valence-corrected chi connectivity index (χ1v) is 8.12. The zero-order valence-corrected chi connectivity index (χ0v) is 14.7. The zero-order chi connectivity index (χ0) is 18.3. The van der Waals surface area contributed by atoms with E-state index in [9.17, 15) is 14.4 Å². The van der Waals surface area contributed by atoms with Gasteiger partial charge < -0.3 is 4.57 Å². The quantitative estimate of drug-likeness (QED) is 0.673. The van der Waals surface area contributed by atoms with Crippen molar-refractivity contribution in [3.8, 4) is 0 Å². The number of carbonyl (C=O) groups excluding carboxylic acids is 1. The van der Waals surface area contributed by atoms with Crippen LogP contribution in [0.2, 0.25) is 0 Å². The van der Waals surface area contributed by atoms with Gasteiger partial charge in [-0.1, -0.05) is 31.2 Å². The van der Waals surface area contributed by atoms with Crippen LogP contribution in [0.4, 0.5) is 0 Å². The Balaban J connectivity index is 2.11. The molecule has 7 heteroatoms. The molecule has 0 bridgehead atoms. The number of carbonyl (C=O) groups is 1. The van der Waals surface area contributed by atoms with Gasteiger partial charge in [-0.05, 0) is 18.9 Å². The van der Waals surface area contributed by atoms with Crippen molar-refractivity contribution in [2.45, 2.75) is 26.3 Å². The summed E-state index contributed by atoms with van der Waals surface area (Å²) in [5.41, 5.74) is 1.34. The highest BCUT2D eigenvalue weighted by atomic mass is 16.2. The third-order valence-electron chi connectivity index (χ3n) is 4.62. The SMILES string of the molecule is CCc1ccc(C(=O)C(C)n2cnc3c2c(=O)n(C)c(=O)n3C)cc1. The summed E-state index contributed by atoms with van der Waals surface area (Å²) in [6.45, 7) is 3.78. The molecule has 2 heterocycles. The highest BCUT2D eigenvalue weighted by Gasteiger charge is 2.22. The number of benzene rings is 1. The molecule has 7 nitrogen and oxygen atoms in total. The van der Waals surface area contributed by atoms with Crippen LogP contribution in [0.1, 0.15) is 35.8 Å². The number of rotatable bonds is 4. The molecule has 0 N–H and O–H groups in total. The Bertz CT molecular complexity index is 1070. The third-order valence-corrected chi connectivity index (χ3v) is 4.62. The first-order valence-electron chi connectivity index (χ1n) is 8.12. The fourth-order valence-electron chi connectivity index (χ4n) is 2.93. The van der Waals surface area contributed by atoms with Crippen molar-refractivity contribution in [3.05, 3.63) is 62.6 Å². The molecule has 0 aliphatic heterocycles. The molecular formula is C18H20N4O3. The number of Topliss-reactive ketones (excluding diaryl/α,β-unsaturated/α-hetero) is 1. The van der Waals surface area contributed by atoms with E-state index in [4.69, 9.17) is 0 Å². The smallest absolute Gasteiger partial charge is 0.314 e. The number of fused-ring (bicyclic) bond motifs is 1. The number of hydrogen-bond acceptors (Lipinski definition) is 4. The molecule has 0 radical (unpaired) electrons. The van der Waals surface area contributed by atoms with Crippen LogP contribution < -0.4 is 11.2 Å². The molecule has 0 saturated carbocycles. The van der Waals surface area contributed by atoms with Gasteiger partial charge >= 0.3 is 5.69 Å². The average Bonchev–Trinajstić information content (AvgIpc) is 3.08. The van der Waals surface area contributed by atoms with Gasteiger partial charge in [-0.25, -0.2) is 9.78 Å². The van der Waals surface area contributed by atoms with E-state index in [1.165, 1.54) is 22.5 Å². The number of imidazole rings is 1. The summed E-state index contributed by atoms with van der Waals surface area (Å²) in [4.78, 5) is 41.5. The van der Waals surface area contributed by atoms with E-state index in [0.29, 0.717) is 5.56 Å². The number of ketones is 1. The van der Waals surface area contributed by atoms with Crippen molar-refractivity contribution in [3.63, 3.8) is 0 Å². The molecule has 0 spiro atoms. The molecule has 0 aliphatic rings. The topological polar surface area (TPSA) is 78.9 Å².